The summed E-state index contributed by atoms with van der Waals surface area (Å²) in [5, 5.41) is 0. The van der Waals surface area contributed by atoms with Crippen molar-refractivity contribution in [3.63, 3.8) is 0 Å². The van der Waals surface area contributed by atoms with Crippen LogP contribution in [-0.4, -0.2) is 16.3 Å². The molecule has 0 bridgehead atoms. The molecule has 0 saturated carbocycles. The van der Waals surface area contributed by atoms with Crippen LogP contribution in [0, 0.1) is 0 Å². The van der Waals surface area contributed by atoms with Crippen LogP contribution in [0.25, 0.3) is 0 Å². The fourth-order valence-corrected chi connectivity index (χ4v) is 2.67. The molecule has 2 rings (SSSR count). The summed E-state index contributed by atoms with van der Waals surface area (Å²) in [6, 6.07) is 15.7. The second-order valence-electron chi connectivity index (χ2n) is 3.79. The van der Waals surface area contributed by atoms with Crippen LogP contribution in [0.4, 0.5) is 5.69 Å². The van der Waals surface area contributed by atoms with Crippen molar-refractivity contribution in [3.05, 3.63) is 54.6 Å². The van der Waals surface area contributed by atoms with Crippen LogP contribution in [0.1, 0.15) is 0 Å². The second-order valence-corrected chi connectivity index (χ2v) is 5.47. The zero-order chi connectivity index (χ0) is 12.3. The van der Waals surface area contributed by atoms with Gasteiger partial charge in [0, 0.05) is 5.69 Å². The van der Waals surface area contributed by atoms with Gasteiger partial charge in [0.25, 0.3) is 10.0 Å². The van der Waals surface area contributed by atoms with E-state index < -0.39 is 10.0 Å². The van der Waals surface area contributed by atoms with Crippen LogP contribution in [0.5, 0.6) is 0 Å². The average Bonchev–Trinajstić information content (AvgIpc) is 2.30. The van der Waals surface area contributed by atoms with Crippen molar-refractivity contribution in [3.8, 4) is 0 Å². The number of anilines is 1. The van der Waals surface area contributed by atoms with Crippen molar-refractivity contribution >= 4 is 29.0 Å². The Bertz CT molecular complexity index is 611. The van der Waals surface area contributed by atoms with Gasteiger partial charge < -0.3 is 0 Å². The molecular weight excluding hydrogens is 233 g/mol. The third-order valence-corrected chi connectivity index (χ3v) is 3.70. The summed E-state index contributed by atoms with van der Waals surface area (Å²) in [6.45, 7) is 0. The minimum absolute atomic E-state index is 0.279. The Morgan fingerprint density at radius 3 is 2.29 bits per heavy atom. The van der Waals surface area contributed by atoms with E-state index in [4.69, 9.17) is 0 Å². The predicted molar refractivity (Wildman–Crippen MR) is 71.9 cm³/mol. The van der Waals surface area contributed by atoms with E-state index in [1.54, 1.807) is 42.5 Å². The van der Waals surface area contributed by atoms with Gasteiger partial charge in [-0.25, -0.2) is 8.42 Å². The van der Waals surface area contributed by atoms with E-state index in [0.717, 1.165) is 5.46 Å². The van der Waals surface area contributed by atoms with Gasteiger partial charge in [-0.3, -0.25) is 4.72 Å². The zero-order valence-corrected chi connectivity index (χ0v) is 10.2. The molecule has 2 aromatic carbocycles. The lowest BCUT2D eigenvalue weighted by molar-refractivity contribution is 0.601. The molecule has 0 aliphatic carbocycles. The number of para-hydroxylation sites is 1. The highest BCUT2D eigenvalue weighted by Gasteiger charge is 2.13. The van der Waals surface area contributed by atoms with E-state index in [1.807, 2.05) is 20.0 Å². The lowest BCUT2D eigenvalue weighted by atomic mass is 9.97. The second kappa shape index (κ2) is 4.63. The van der Waals surface area contributed by atoms with Crippen molar-refractivity contribution in [1.29, 1.82) is 0 Å². The summed E-state index contributed by atoms with van der Waals surface area (Å²) in [4.78, 5) is 0.279. The van der Waals surface area contributed by atoms with E-state index in [0.29, 0.717) is 5.69 Å². The van der Waals surface area contributed by atoms with Gasteiger partial charge in [0.1, 0.15) is 7.85 Å². The van der Waals surface area contributed by atoms with Crippen molar-refractivity contribution in [2.24, 2.45) is 0 Å². The Labute approximate surface area is 102 Å². The van der Waals surface area contributed by atoms with Gasteiger partial charge in [-0.2, -0.15) is 0 Å². The summed E-state index contributed by atoms with van der Waals surface area (Å²) in [6.07, 6.45) is 0. The molecule has 0 amide bonds. The van der Waals surface area contributed by atoms with Crippen LogP contribution in [0.15, 0.2) is 59.5 Å². The minimum Gasteiger partial charge on any atom is -0.280 e. The highest BCUT2D eigenvalue weighted by Crippen LogP contribution is 2.14. The summed E-state index contributed by atoms with van der Waals surface area (Å²) in [5.74, 6) is 0. The Morgan fingerprint density at radius 1 is 0.941 bits per heavy atom. The highest BCUT2D eigenvalue weighted by atomic mass is 32.2. The molecule has 0 radical (unpaired) electrons. The van der Waals surface area contributed by atoms with Crippen LogP contribution in [0.3, 0.4) is 0 Å². The molecule has 5 heteroatoms. The number of hydrogen-bond acceptors (Lipinski definition) is 2. The normalized spacial score (nSPS) is 11.1. The van der Waals surface area contributed by atoms with E-state index in [1.165, 1.54) is 0 Å². The number of hydrogen-bond donors (Lipinski definition) is 1. The van der Waals surface area contributed by atoms with Crippen molar-refractivity contribution in [1.82, 2.24) is 0 Å². The zero-order valence-electron chi connectivity index (χ0n) is 9.42. The highest BCUT2D eigenvalue weighted by molar-refractivity contribution is 7.92. The first-order valence-electron chi connectivity index (χ1n) is 5.22. The molecular formula is C12H12BNO2S. The fraction of sp³-hybridized carbons (Fsp3) is 0. The molecule has 0 aliphatic rings. The van der Waals surface area contributed by atoms with Crippen LogP contribution in [0.2, 0.25) is 0 Å². The molecule has 0 unspecified atom stereocenters. The van der Waals surface area contributed by atoms with Gasteiger partial charge >= 0.3 is 0 Å². The Kier molecular flexibility index (Phi) is 3.20. The largest absolute Gasteiger partial charge is 0.280 e. The third-order valence-electron chi connectivity index (χ3n) is 2.33. The number of rotatable bonds is 3. The fourth-order valence-electron chi connectivity index (χ4n) is 1.50. The Balaban J connectivity index is 2.32. The summed E-state index contributed by atoms with van der Waals surface area (Å²) < 4.78 is 26.6. The molecule has 2 aromatic rings. The van der Waals surface area contributed by atoms with Crippen LogP contribution in [-0.2, 0) is 10.0 Å². The summed E-state index contributed by atoms with van der Waals surface area (Å²) >= 11 is 0. The molecule has 0 aliphatic heterocycles. The molecule has 0 saturated heterocycles. The van der Waals surface area contributed by atoms with Crippen LogP contribution >= 0.6 is 0 Å². The standard InChI is InChI=1S/C12H12BNO2S/c13-10-5-4-8-12(9-10)17(15,16)14-11-6-2-1-3-7-11/h1-9,14H,13H2. The van der Waals surface area contributed by atoms with Gasteiger partial charge in [-0.15, -0.1) is 0 Å². The maximum Gasteiger partial charge on any atom is 0.261 e. The van der Waals surface area contributed by atoms with E-state index in [-0.39, 0.29) is 4.90 Å². The lowest BCUT2D eigenvalue weighted by Gasteiger charge is -2.08. The quantitative estimate of drug-likeness (QED) is 0.811. The van der Waals surface area contributed by atoms with E-state index in [9.17, 15) is 8.42 Å². The molecule has 3 nitrogen and oxygen atoms in total. The van der Waals surface area contributed by atoms with Crippen molar-refractivity contribution < 1.29 is 8.42 Å². The summed E-state index contributed by atoms with van der Waals surface area (Å²) in [7, 11) is -1.62. The minimum atomic E-state index is -3.49. The first kappa shape index (κ1) is 11.7. The monoisotopic (exact) mass is 245 g/mol. The van der Waals surface area contributed by atoms with Gasteiger partial charge in [-0.05, 0) is 24.3 Å². The van der Waals surface area contributed by atoms with Gasteiger partial charge in [0.05, 0.1) is 4.90 Å². The molecule has 17 heavy (non-hydrogen) atoms. The maximum absolute atomic E-state index is 12.0. The molecule has 0 heterocycles. The molecule has 0 fully saturated rings. The summed E-state index contributed by atoms with van der Waals surface area (Å²) in [5.41, 5.74) is 1.48. The van der Waals surface area contributed by atoms with Gasteiger partial charge in [0.2, 0.25) is 0 Å². The Hall–Kier alpha value is -1.75. The number of nitrogens with one attached hydrogen (secondary N) is 1. The predicted octanol–water partition coefficient (Wildman–Crippen LogP) is 0.746. The molecule has 0 spiro atoms. The molecule has 1 N–H and O–H groups in total. The SMILES string of the molecule is Bc1cccc(S(=O)(=O)Nc2ccccc2)c1. The first-order valence-corrected chi connectivity index (χ1v) is 6.71. The molecule has 86 valence electrons. The van der Waals surface area contributed by atoms with E-state index in [2.05, 4.69) is 4.72 Å². The van der Waals surface area contributed by atoms with Gasteiger partial charge in [0.15, 0.2) is 0 Å². The van der Waals surface area contributed by atoms with E-state index >= 15 is 0 Å². The number of sulfonamides is 1. The third kappa shape index (κ3) is 2.88. The topological polar surface area (TPSA) is 46.2 Å². The first-order chi connectivity index (χ1) is 8.08. The molecule has 0 atom stereocenters. The van der Waals surface area contributed by atoms with Crippen molar-refractivity contribution in [2.75, 3.05) is 4.72 Å². The average molecular weight is 245 g/mol. The Morgan fingerprint density at radius 2 is 1.65 bits per heavy atom. The maximum atomic E-state index is 12.0. The number of benzene rings is 2. The lowest BCUT2D eigenvalue weighted by Crippen LogP contribution is -2.15. The smallest absolute Gasteiger partial charge is 0.261 e. The molecule has 0 aromatic heterocycles. The van der Waals surface area contributed by atoms with Crippen molar-refractivity contribution in [2.45, 2.75) is 4.90 Å². The van der Waals surface area contributed by atoms with Crippen LogP contribution < -0.4 is 10.2 Å². The van der Waals surface area contributed by atoms with Gasteiger partial charge in [-0.1, -0.05) is 35.8 Å².